The molecule has 0 bridgehead atoms. The number of hydrogen-bond donors (Lipinski definition) is 1. The first-order valence-corrected chi connectivity index (χ1v) is 6.92. The third kappa shape index (κ3) is 4.53. The van der Waals surface area contributed by atoms with Gasteiger partial charge in [0.25, 0.3) is 5.91 Å². The normalized spacial score (nSPS) is 14.8. The van der Waals surface area contributed by atoms with Crippen molar-refractivity contribution in [1.29, 1.82) is 0 Å². The van der Waals surface area contributed by atoms with Crippen LogP contribution in [-0.2, 0) is 6.18 Å². The highest BCUT2D eigenvalue weighted by Gasteiger charge is 2.30. The van der Waals surface area contributed by atoms with Gasteiger partial charge in [0, 0.05) is 16.9 Å². The summed E-state index contributed by atoms with van der Waals surface area (Å²) in [7, 11) is 0. The first-order valence-electron chi connectivity index (χ1n) is 5.79. The molecule has 2 nitrogen and oxygen atoms in total. The highest BCUT2D eigenvalue weighted by molar-refractivity contribution is 9.09. The molecule has 0 aliphatic carbocycles. The van der Waals surface area contributed by atoms with E-state index in [1.165, 1.54) is 12.1 Å². The average molecular weight is 338 g/mol. The molecule has 0 aliphatic rings. The van der Waals surface area contributed by atoms with Crippen LogP contribution in [0, 0.1) is 5.92 Å². The third-order valence-corrected chi connectivity index (χ3v) is 3.95. The van der Waals surface area contributed by atoms with Crippen molar-refractivity contribution in [3.63, 3.8) is 0 Å². The molecule has 1 amide bonds. The van der Waals surface area contributed by atoms with Gasteiger partial charge in [0.1, 0.15) is 0 Å². The van der Waals surface area contributed by atoms with Gasteiger partial charge in [-0.1, -0.05) is 22.9 Å². The molecule has 1 rings (SSSR count). The molecule has 2 unspecified atom stereocenters. The minimum absolute atomic E-state index is 0.0610. The Labute approximate surface area is 118 Å². The molecule has 0 aromatic heterocycles. The van der Waals surface area contributed by atoms with Crippen LogP contribution in [0.1, 0.15) is 29.8 Å². The van der Waals surface area contributed by atoms with E-state index in [4.69, 9.17) is 0 Å². The number of alkyl halides is 4. The molecule has 0 spiro atoms. The van der Waals surface area contributed by atoms with Crippen molar-refractivity contribution >= 4 is 21.8 Å². The summed E-state index contributed by atoms with van der Waals surface area (Å²) in [6.45, 7) is 3.82. The monoisotopic (exact) mass is 337 g/mol. The summed E-state index contributed by atoms with van der Waals surface area (Å²) in [6.07, 6.45) is -4.38. The lowest BCUT2D eigenvalue weighted by atomic mass is 10.1. The van der Waals surface area contributed by atoms with Crippen LogP contribution < -0.4 is 5.32 Å². The molecule has 1 aromatic carbocycles. The molecule has 6 heteroatoms. The van der Waals surface area contributed by atoms with Gasteiger partial charge in [0.05, 0.1) is 5.56 Å². The third-order valence-electron chi connectivity index (χ3n) is 2.93. The van der Waals surface area contributed by atoms with Crippen molar-refractivity contribution in [2.24, 2.45) is 5.92 Å². The van der Waals surface area contributed by atoms with Crippen LogP contribution in [0.2, 0.25) is 0 Å². The second-order valence-electron chi connectivity index (χ2n) is 4.47. The van der Waals surface area contributed by atoms with Crippen LogP contribution >= 0.6 is 15.9 Å². The predicted molar refractivity (Wildman–Crippen MR) is 71.3 cm³/mol. The van der Waals surface area contributed by atoms with Crippen LogP contribution in [0.5, 0.6) is 0 Å². The molecule has 106 valence electrons. The number of carbonyl (C=O) groups excluding carboxylic acids is 1. The molecule has 0 fully saturated rings. The number of amides is 1. The minimum Gasteiger partial charge on any atom is -0.349 e. The van der Waals surface area contributed by atoms with Crippen LogP contribution in [0.3, 0.4) is 0 Å². The van der Waals surface area contributed by atoms with E-state index in [-0.39, 0.29) is 23.4 Å². The van der Waals surface area contributed by atoms with E-state index < -0.39 is 11.7 Å². The summed E-state index contributed by atoms with van der Waals surface area (Å²) in [5, 5.41) is 3.49. The van der Waals surface area contributed by atoms with Gasteiger partial charge in [-0.3, -0.25) is 4.79 Å². The first-order chi connectivity index (χ1) is 8.75. The van der Waals surface area contributed by atoms with Crippen LogP contribution in [-0.4, -0.2) is 17.3 Å². The van der Waals surface area contributed by atoms with Gasteiger partial charge < -0.3 is 5.32 Å². The Kier molecular flexibility index (Phi) is 5.40. The predicted octanol–water partition coefficient (Wildman–Crippen LogP) is 3.85. The lowest BCUT2D eigenvalue weighted by Gasteiger charge is -2.19. The smallest absolute Gasteiger partial charge is 0.349 e. The van der Waals surface area contributed by atoms with Gasteiger partial charge in [0.15, 0.2) is 0 Å². The maximum Gasteiger partial charge on any atom is 0.416 e. The number of carbonyl (C=O) groups is 1. The van der Waals surface area contributed by atoms with E-state index >= 15 is 0 Å². The molecule has 0 aliphatic heterocycles. The Morgan fingerprint density at radius 1 is 1.26 bits per heavy atom. The summed E-state index contributed by atoms with van der Waals surface area (Å²) in [5.41, 5.74) is -0.535. The average Bonchev–Trinajstić information content (AvgIpc) is 2.36. The Balaban J connectivity index is 2.74. The second kappa shape index (κ2) is 6.41. The Bertz CT molecular complexity index is 431. The fourth-order valence-electron chi connectivity index (χ4n) is 1.38. The van der Waals surface area contributed by atoms with Crippen molar-refractivity contribution in [1.82, 2.24) is 5.32 Å². The Morgan fingerprint density at radius 3 is 2.21 bits per heavy atom. The minimum atomic E-state index is -4.38. The molecule has 0 saturated carbocycles. The number of nitrogens with one attached hydrogen (secondary N) is 1. The van der Waals surface area contributed by atoms with E-state index in [0.717, 1.165) is 17.5 Å². The van der Waals surface area contributed by atoms with Crippen molar-refractivity contribution in [2.75, 3.05) is 5.33 Å². The van der Waals surface area contributed by atoms with Gasteiger partial charge in [-0.15, -0.1) is 0 Å². The summed E-state index contributed by atoms with van der Waals surface area (Å²) < 4.78 is 37.1. The summed E-state index contributed by atoms with van der Waals surface area (Å²) in [6, 6.07) is 4.13. The molecular weight excluding hydrogens is 323 g/mol. The molecule has 0 heterocycles. The first kappa shape index (κ1) is 16.0. The second-order valence-corrected chi connectivity index (χ2v) is 5.12. The van der Waals surface area contributed by atoms with E-state index in [9.17, 15) is 18.0 Å². The van der Waals surface area contributed by atoms with Crippen molar-refractivity contribution in [3.8, 4) is 0 Å². The standard InChI is InChI=1S/C13H15BrF3NO/c1-8(7-14)9(2)18-12(19)10-3-5-11(6-4-10)13(15,16)17/h3-6,8-9H,7H2,1-2H3,(H,18,19). The van der Waals surface area contributed by atoms with E-state index in [2.05, 4.69) is 21.2 Å². The van der Waals surface area contributed by atoms with Crippen molar-refractivity contribution < 1.29 is 18.0 Å². The van der Waals surface area contributed by atoms with Crippen LogP contribution in [0.4, 0.5) is 13.2 Å². The molecule has 0 radical (unpaired) electrons. The molecule has 1 aromatic rings. The topological polar surface area (TPSA) is 29.1 Å². The number of rotatable bonds is 4. The van der Waals surface area contributed by atoms with Gasteiger partial charge in [0.2, 0.25) is 0 Å². The fraction of sp³-hybridized carbons (Fsp3) is 0.462. The fourth-order valence-corrected chi connectivity index (χ4v) is 1.94. The maximum atomic E-state index is 12.4. The molecule has 19 heavy (non-hydrogen) atoms. The molecule has 0 saturated heterocycles. The summed E-state index contributed by atoms with van der Waals surface area (Å²) >= 11 is 3.32. The van der Waals surface area contributed by atoms with Gasteiger partial charge in [-0.25, -0.2) is 0 Å². The Morgan fingerprint density at radius 2 is 1.79 bits per heavy atom. The summed E-state index contributed by atoms with van der Waals surface area (Å²) in [4.78, 5) is 11.8. The van der Waals surface area contributed by atoms with Crippen LogP contribution in [0.25, 0.3) is 0 Å². The largest absolute Gasteiger partial charge is 0.416 e. The maximum absolute atomic E-state index is 12.4. The van der Waals surface area contributed by atoms with E-state index in [1.54, 1.807) is 0 Å². The zero-order chi connectivity index (χ0) is 14.6. The molecule has 2 atom stereocenters. The number of halogens is 4. The zero-order valence-corrected chi connectivity index (χ0v) is 12.2. The van der Waals surface area contributed by atoms with Crippen molar-refractivity contribution in [2.45, 2.75) is 26.1 Å². The Hall–Kier alpha value is -1.04. The van der Waals surface area contributed by atoms with E-state index in [1.807, 2.05) is 13.8 Å². The quantitative estimate of drug-likeness (QED) is 0.830. The SMILES string of the molecule is CC(CBr)C(C)NC(=O)c1ccc(C(F)(F)F)cc1. The molecule has 1 N–H and O–H groups in total. The van der Waals surface area contributed by atoms with Gasteiger partial charge in [-0.05, 0) is 37.1 Å². The highest BCUT2D eigenvalue weighted by Crippen LogP contribution is 2.29. The zero-order valence-electron chi connectivity index (χ0n) is 10.6. The molecular formula is C13H15BrF3NO. The lowest BCUT2D eigenvalue weighted by Crippen LogP contribution is -2.37. The van der Waals surface area contributed by atoms with E-state index in [0.29, 0.717) is 0 Å². The number of benzene rings is 1. The van der Waals surface area contributed by atoms with Crippen LogP contribution in [0.15, 0.2) is 24.3 Å². The van der Waals surface area contributed by atoms with Gasteiger partial charge >= 0.3 is 6.18 Å². The van der Waals surface area contributed by atoms with Gasteiger partial charge in [-0.2, -0.15) is 13.2 Å². The van der Waals surface area contributed by atoms with Crippen molar-refractivity contribution in [3.05, 3.63) is 35.4 Å². The lowest BCUT2D eigenvalue weighted by molar-refractivity contribution is -0.137. The highest BCUT2D eigenvalue weighted by atomic mass is 79.9. The summed E-state index contributed by atoms with van der Waals surface area (Å²) in [5.74, 6) is -0.132. The number of hydrogen-bond acceptors (Lipinski definition) is 1.